The van der Waals surface area contributed by atoms with Crippen molar-refractivity contribution in [1.29, 1.82) is 5.26 Å². The van der Waals surface area contributed by atoms with E-state index >= 15 is 0 Å². The standard InChI is InChI=1S/C10H11N3/c1-3-6-13(2)10-7-9(8-11)4-5-12-10/h3-5,7H,1,6H2,2H3. The quantitative estimate of drug-likeness (QED) is 0.651. The predicted octanol–water partition coefficient (Wildman–Crippen LogP) is 1.58. The number of anilines is 1. The van der Waals surface area contributed by atoms with Crippen LogP contribution in [0.1, 0.15) is 5.56 Å². The van der Waals surface area contributed by atoms with Crippen molar-refractivity contribution in [1.82, 2.24) is 4.98 Å². The second-order valence-corrected chi connectivity index (χ2v) is 2.68. The topological polar surface area (TPSA) is 39.9 Å². The predicted molar refractivity (Wildman–Crippen MR) is 52.4 cm³/mol. The molecule has 66 valence electrons. The van der Waals surface area contributed by atoms with E-state index < -0.39 is 0 Å². The van der Waals surface area contributed by atoms with Crippen molar-refractivity contribution in [2.75, 3.05) is 18.5 Å². The summed E-state index contributed by atoms with van der Waals surface area (Å²) in [6.45, 7) is 4.36. The molecule has 0 bridgehead atoms. The number of hydrogen-bond donors (Lipinski definition) is 0. The molecule has 1 aromatic heterocycles. The highest BCUT2D eigenvalue weighted by Gasteiger charge is 2.00. The normalized spacial score (nSPS) is 8.92. The van der Waals surface area contributed by atoms with Gasteiger partial charge in [-0.1, -0.05) is 6.08 Å². The number of nitrogens with zero attached hydrogens (tertiary/aromatic N) is 3. The first-order valence-corrected chi connectivity index (χ1v) is 3.96. The van der Waals surface area contributed by atoms with E-state index in [9.17, 15) is 0 Å². The Hall–Kier alpha value is -1.82. The summed E-state index contributed by atoms with van der Waals surface area (Å²) >= 11 is 0. The number of pyridine rings is 1. The zero-order valence-corrected chi connectivity index (χ0v) is 7.57. The van der Waals surface area contributed by atoms with Crippen LogP contribution in [-0.2, 0) is 0 Å². The van der Waals surface area contributed by atoms with Crippen LogP contribution in [0.5, 0.6) is 0 Å². The molecule has 3 nitrogen and oxygen atoms in total. The summed E-state index contributed by atoms with van der Waals surface area (Å²) in [5.41, 5.74) is 0.626. The molecule has 1 rings (SSSR count). The molecule has 1 heterocycles. The van der Waals surface area contributed by atoms with Crippen molar-refractivity contribution >= 4 is 5.82 Å². The van der Waals surface area contributed by atoms with Gasteiger partial charge in [0.1, 0.15) is 5.82 Å². The van der Waals surface area contributed by atoms with E-state index in [4.69, 9.17) is 5.26 Å². The monoisotopic (exact) mass is 173 g/mol. The smallest absolute Gasteiger partial charge is 0.129 e. The molecule has 3 heteroatoms. The maximum atomic E-state index is 8.66. The van der Waals surface area contributed by atoms with Crippen molar-refractivity contribution in [2.45, 2.75) is 0 Å². The van der Waals surface area contributed by atoms with Crippen LogP contribution >= 0.6 is 0 Å². The number of rotatable bonds is 3. The van der Waals surface area contributed by atoms with Crippen LogP contribution in [0.15, 0.2) is 31.0 Å². The van der Waals surface area contributed by atoms with Gasteiger partial charge in [0.05, 0.1) is 11.6 Å². The number of likely N-dealkylation sites (N-methyl/N-ethyl adjacent to an activating group) is 1. The van der Waals surface area contributed by atoms with Crippen LogP contribution in [0.4, 0.5) is 5.82 Å². The number of hydrogen-bond acceptors (Lipinski definition) is 3. The van der Waals surface area contributed by atoms with Crippen molar-refractivity contribution in [3.63, 3.8) is 0 Å². The van der Waals surface area contributed by atoms with E-state index in [0.717, 1.165) is 12.4 Å². The summed E-state index contributed by atoms with van der Waals surface area (Å²) < 4.78 is 0. The van der Waals surface area contributed by atoms with E-state index in [1.54, 1.807) is 24.4 Å². The summed E-state index contributed by atoms with van der Waals surface area (Å²) in [6, 6.07) is 5.51. The molecule has 0 spiro atoms. The number of aromatic nitrogens is 1. The number of nitriles is 1. The molecular weight excluding hydrogens is 162 g/mol. The van der Waals surface area contributed by atoms with Crippen molar-refractivity contribution in [2.24, 2.45) is 0 Å². The minimum absolute atomic E-state index is 0.626. The summed E-state index contributed by atoms with van der Waals surface area (Å²) in [7, 11) is 1.91. The Morgan fingerprint density at radius 3 is 3.15 bits per heavy atom. The van der Waals surface area contributed by atoms with E-state index in [1.807, 2.05) is 11.9 Å². The van der Waals surface area contributed by atoms with Gasteiger partial charge in [0.2, 0.25) is 0 Å². The fourth-order valence-corrected chi connectivity index (χ4v) is 0.984. The lowest BCUT2D eigenvalue weighted by molar-refractivity contribution is 0.990. The highest BCUT2D eigenvalue weighted by molar-refractivity contribution is 5.44. The van der Waals surface area contributed by atoms with Crippen LogP contribution in [0.3, 0.4) is 0 Å². The van der Waals surface area contributed by atoms with Crippen LogP contribution in [0, 0.1) is 11.3 Å². The van der Waals surface area contributed by atoms with Crippen molar-refractivity contribution in [3.05, 3.63) is 36.5 Å². The van der Waals surface area contributed by atoms with E-state index in [-0.39, 0.29) is 0 Å². The van der Waals surface area contributed by atoms with Crippen LogP contribution in [-0.4, -0.2) is 18.6 Å². The third-order valence-corrected chi connectivity index (χ3v) is 1.67. The highest BCUT2D eigenvalue weighted by Crippen LogP contribution is 2.09. The molecule has 0 aliphatic carbocycles. The Balaban J connectivity index is 2.89. The third-order valence-electron chi connectivity index (χ3n) is 1.67. The average Bonchev–Trinajstić information content (AvgIpc) is 2.18. The van der Waals surface area contributed by atoms with Gasteiger partial charge in [-0.25, -0.2) is 4.98 Å². The van der Waals surface area contributed by atoms with Gasteiger partial charge in [0.15, 0.2) is 0 Å². The fourth-order valence-electron chi connectivity index (χ4n) is 0.984. The lowest BCUT2D eigenvalue weighted by atomic mass is 10.3. The maximum absolute atomic E-state index is 8.66. The van der Waals surface area contributed by atoms with Crippen LogP contribution < -0.4 is 4.90 Å². The molecular formula is C10H11N3. The maximum Gasteiger partial charge on any atom is 0.129 e. The molecule has 0 atom stereocenters. The fraction of sp³-hybridized carbons (Fsp3) is 0.200. The Bertz CT molecular complexity index is 338. The first-order chi connectivity index (χ1) is 6.27. The molecule has 0 saturated heterocycles. The average molecular weight is 173 g/mol. The zero-order chi connectivity index (χ0) is 9.68. The van der Waals surface area contributed by atoms with E-state index in [2.05, 4.69) is 17.6 Å². The van der Waals surface area contributed by atoms with Gasteiger partial charge >= 0.3 is 0 Å². The summed E-state index contributed by atoms with van der Waals surface area (Å²) in [5.74, 6) is 0.791. The molecule has 0 aliphatic heterocycles. The Labute approximate surface area is 77.9 Å². The van der Waals surface area contributed by atoms with Gasteiger partial charge < -0.3 is 4.90 Å². The van der Waals surface area contributed by atoms with Gasteiger partial charge in [0, 0.05) is 19.8 Å². The molecule has 1 aromatic rings. The summed E-state index contributed by atoms with van der Waals surface area (Å²) in [4.78, 5) is 6.06. The summed E-state index contributed by atoms with van der Waals surface area (Å²) in [5, 5.41) is 8.66. The first kappa shape index (κ1) is 9.27. The van der Waals surface area contributed by atoms with Gasteiger partial charge in [0.25, 0.3) is 0 Å². The second kappa shape index (κ2) is 4.27. The highest BCUT2D eigenvalue weighted by atomic mass is 15.1. The molecule has 0 N–H and O–H groups in total. The molecule has 0 saturated carbocycles. The minimum atomic E-state index is 0.626. The Kier molecular flexibility index (Phi) is 3.04. The third kappa shape index (κ3) is 2.31. The molecule has 13 heavy (non-hydrogen) atoms. The lowest BCUT2D eigenvalue weighted by Crippen LogP contribution is -2.17. The van der Waals surface area contributed by atoms with Gasteiger partial charge in [-0.05, 0) is 12.1 Å². The lowest BCUT2D eigenvalue weighted by Gasteiger charge is -2.15. The van der Waals surface area contributed by atoms with Crippen molar-refractivity contribution in [3.8, 4) is 6.07 Å². The SMILES string of the molecule is C=CCN(C)c1cc(C#N)ccn1. The Morgan fingerprint density at radius 1 is 1.77 bits per heavy atom. The van der Waals surface area contributed by atoms with Crippen LogP contribution in [0.25, 0.3) is 0 Å². The van der Waals surface area contributed by atoms with E-state index in [1.165, 1.54) is 0 Å². The molecule has 0 fully saturated rings. The molecule has 0 amide bonds. The first-order valence-electron chi connectivity index (χ1n) is 3.96. The van der Waals surface area contributed by atoms with E-state index in [0.29, 0.717) is 5.56 Å². The molecule has 0 unspecified atom stereocenters. The zero-order valence-electron chi connectivity index (χ0n) is 7.57. The van der Waals surface area contributed by atoms with Gasteiger partial charge in [-0.3, -0.25) is 0 Å². The molecule has 0 aliphatic rings. The van der Waals surface area contributed by atoms with Crippen LogP contribution in [0.2, 0.25) is 0 Å². The van der Waals surface area contributed by atoms with Gasteiger partial charge in [-0.15, -0.1) is 6.58 Å². The van der Waals surface area contributed by atoms with Gasteiger partial charge in [-0.2, -0.15) is 5.26 Å². The minimum Gasteiger partial charge on any atom is -0.356 e. The molecule has 0 aromatic carbocycles. The molecule has 0 radical (unpaired) electrons. The largest absolute Gasteiger partial charge is 0.356 e. The Morgan fingerprint density at radius 2 is 2.54 bits per heavy atom. The van der Waals surface area contributed by atoms with Crippen molar-refractivity contribution < 1.29 is 0 Å². The summed E-state index contributed by atoms with van der Waals surface area (Å²) in [6.07, 6.45) is 3.42. The second-order valence-electron chi connectivity index (χ2n) is 2.68.